The molecular weight excluding hydrogens is 322 g/mol. The smallest absolute Gasteiger partial charge is 0.159 e. The Hall–Kier alpha value is -3.21. The molecule has 5 heteroatoms. The van der Waals surface area contributed by atoms with Gasteiger partial charge in [0.2, 0.25) is 0 Å². The molecule has 5 nitrogen and oxygen atoms in total. The van der Waals surface area contributed by atoms with Gasteiger partial charge in [0.1, 0.15) is 5.82 Å². The van der Waals surface area contributed by atoms with Crippen LogP contribution in [-0.2, 0) is 6.42 Å². The first-order chi connectivity index (χ1) is 12.7. The summed E-state index contributed by atoms with van der Waals surface area (Å²) in [5, 5.41) is 3.34. The highest BCUT2D eigenvalue weighted by Gasteiger charge is 2.10. The van der Waals surface area contributed by atoms with Gasteiger partial charge >= 0.3 is 0 Å². The van der Waals surface area contributed by atoms with E-state index in [1.54, 1.807) is 12.4 Å². The minimum atomic E-state index is 0.711. The van der Waals surface area contributed by atoms with Gasteiger partial charge in [-0.3, -0.25) is 9.55 Å². The number of nitrogens with one attached hydrogen (secondary N) is 1. The fourth-order valence-electron chi connectivity index (χ4n) is 3.15. The molecule has 4 aromatic rings. The number of fused-ring (bicyclic) bond motifs is 1. The maximum atomic E-state index is 4.73. The molecule has 0 aliphatic heterocycles. The molecule has 26 heavy (non-hydrogen) atoms. The van der Waals surface area contributed by atoms with Crippen molar-refractivity contribution in [1.82, 2.24) is 19.5 Å². The van der Waals surface area contributed by atoms with E-state index in [1.807, 2.05) is 35.8 Å². The highest BCUT2D eigenvalue weighted by Crippen LogP contribution is 2.21. The second-order valence-electron chi connectivity index (χ2n) is 6.32. The first kappa shape index (κ1) is 16.3. The van der Waals surface area contributed by atoms with Crippen LogP contribution in [0.5, 0.6) is 0 Å². The van der Waals surface area contributed by atoms with Gasteiger partial charge in [-0.15, -0.1) is 0 Å². The predicted octanol–water partition coefficient (Wildman–Crippen LogP) is 4.82. The van der Waals surface area contributed by atoms with Crippen LogP contribution in [-0.4, -0.2) is 19.5 Å². The van der Waals surface area contributed by atoms with Crippen molar-refractivity contribution >= 4 is 22.5 Å². The molecule has 0 saturated carbocycles. The fourth-order valence-corrected chi connectivity index (χ4v) is 3.15. The molecule has 0 atom stereocenters. The van der Waals surface area contributed by atoms with E-state index in [2.05, 4.69) is 46.5 Å². The molecule has 2 aromatic carbocycles. The van der Waals surface area contributed by atoms with Crippen LogP contribution in [0.4, 0.5) is 11.5 Å². The predicted molar refractivity (Wildman–Crippen MR) is 105 cm³/mol. The Balaban J connectivity index is 1.65. The lowest BCUT2D eigenvalue weighted by Gasteiger charge is -2.10. The lowest BCUT2D eigenvalue weighted by molar-refractivity contribution is 0.922. The van der Waals surface area contributed by atoms with E-state index in [9.17, 15) is 0 Å². The molecule has 2 aromatic heterocycles. The van der Waals surface area contributed by atoms with Crippen molar-refractivity contribution in [3.8, 4) is 5.82 Å². The number of nitrogens with zero attached hydrogens (tertiary/aromatic N) is 4. The molecule has 0 saturated heterocycles. The van der Waals surface area contributed by atoms with Gasteiger partial charge in [0.25, 0.3) is 0 Å². The zero-order chi connectivity index (χ0) is 17.9. The number of para-hydroxylation sites is 2. The third-order valence-corrected chi connectivity index (χ3v) is 4.34. The SMILES string of the molecule is CCCc1ccc(Nc2cncc(-n3c(C)nc4ccccc43)n2)cc1. The monoisotopic (exact) mass is 343 g/mol. The molecule has 4 rings (SSSR count). The highest BCUT2D eigenvalue weighted by molar-refractivity contribution is 5.77. The lowest BCUT2D eigenvalue weighted by Crippen LogP contribution is -2.03. The van der Waals surface area contributed by atoms with Crippen LogP contribution < -0.4 is 5.32 Å². The van der Waals surface area contributed by atoms with Crippen molar-refractivity contribution in [1.29, 1.82) is 0 Å². The summed E-state index contributed by atoms with van der Waals surface area (Å²) in [7, 11) is 0. The molecule has 0 aliphatic carbocycles. The van der Waals surface area contributed by atoms with Gasteiger partial charge in [0.05, 0.1) is 23.4 Å². The average Bonchev–Trinajstić information content (AvgIpc) is 2.99. The summed E-state index contributed by atoms with van der Waals surface area (Å²) in [5.74, 6) is 2.35. The largest absolute Gasteiger partial charge is 0.339 e. The molecule has 0 bridgehead atoms. The summed E-state index contributed by atoms with van der Waals surface area (Å²) in [4.78, 5) is 13.7. The van der Waals surface area contributed by atoms with Crippen LogP contribution in [0.25, 0.3) is 16.9 Å². The molecule has 0 spiro atoms. The van der Waals surface area contributed by atoms with E-state index < -0.39 is 0 Å². The third-order valence-electron chi connectivity index (χ3n) is 4.34. The molecule has 0 amide bonds. The van der Waals surface area contributed by atoms with E-state index in [0.717, 1.165) is 41.2 Å². The van der Waals surface area contributed by atoms with E-state index in [1.165, 1.54) is 5.56 Å². The van der Waals surface area contributed by atoms with Crippen LogP contribution in [0.3, 0.4) is 0 Å². The number of rotatable bonds is 5. The summed E-state index contributed by atoms with van der Waals surface area (Å²) < 4.78 is 2.03. The highest BCUT2D eigenvalue weighted by atomic mass is 15.2. The zero-order valence-corrected chi connectivity index (χ0v) is 15.0. The zero-order valence-electron chi connectivity index (χ0n) is 15.0. The van der Waals surface area contributed by atoms with E-state index in [0.29, 0.717) is 5.82 Å². The van der Waals surface area contributed by atoms with Crippen molar-refractivity contribution in [2.75, 3.05) is 5.32 Å². The van der Waals surface area contributed by atoms with Crippen LogP contribution in [0.2, 0.25) is 0 Å². The minimum Gasteiger partial charge on any atom is -0.339 e. The molecular formula is C21H21N5. The number of hydrogen-bond donors (Lipinski definition) is 1. The van der Waals surface area contributed by atoms with Gasteiger partial charge in [0.15, 0.2) is 11.6 Å². The van der Waals surface area contributed by atoms with Crippen molar-refractivity contribution < 1.29 is 0 Å². The van der Waals surface area contributed by atoms with Gasteiger partial charge in [-0.05, 0) is 43.2 Å². The quantitative estimate of drug-likeness (QED) is 0.564. The van der Waals surface area contributed by atoms with Crippen molar-refractivity contribution in [3.05, 3.63) is 72.3 Å². The Morgan fingerprint density at radius 2 is 1.77 bits per heavy atom. The van der Waals surface area contributed by atoms with Crippen LogP contribution in [0.1, 0.15) is 24.7 Å². The Morgan fingerprint density at radius 1 is 0.962 bits per heavy atom. The number of aromatic nitrogens is 4. The molecule has 0 fully saturated rings. The molecule has 130 valence electrons. The third kappa shape index (κ3) is 3.16. The first-order valence-electron chi connectivity index (χ1n) is 8.87. The standard InChI is InChI=1S/C21H21N5/c1-3-6-16-9-11-17(12-10-16)24-20-13-22-14-21(25-20)26-15(2)23-18-7-4-5-8-19(18)26/h4-5,7-14H,3,6H2,1-2H3,(H,24,25). The van der Waals surface area contributed by atoms with E-state index in [4.69, 9.17) is 4.98 Å². The first-order valence-corrected chi connectivity index (χ1v) is 8.87. The topological polar surface area (TPSA) is 55.6 Å². The summed E-state index contributed by atoms with van der Waals surface area (Å²) >= 11 is 0. The van der Waals surface area contributed by atoms with E-state index >= 15 is 0 Å². The normalized spacial score (nSPS) is 11.0. The fraction of sp³-hybridized carbons (Fsp3) is 0.190. The second kappa shape index (κ2) is 6.96. The molecule has 0 radical (unpaired) electrons. The number of benzene rings is 2. The molecule has 2 heterocycles. The Morgan fingerprint density at radius 3 is 2.58 bits per heavy atom. The maximum Gasteiger partial charge on any atom is 0.159 e. The second-order valence-corrected chi connectivity index (χ2v) is 6.32. The van der Waals surface area contributed by atoms with Crippen molar-refractivity contribution in [2.24, 2.45) is 0 Å². The number of hydrogen-bond acceptors (Lipinski definition) is 4. The van der Waals surface area contributed by atoms with Gasteiger partial charge < -0.3 is 5.32 Å². The molecule has 1 N–H and O–H groups in total. The van der Waals surface area contributed by atoms with Crippen molar-refractivity contribution in [2.45, 2.75) is 26.7 Å². The van der Waals surface area contributed by atoms with Gasteiger partial charge in [-0.2, -0.15) is 0 Å². The Labute approximate surface area is 152 Å². The average molecular weight is 343 g/mol. The summed E-state index contributed by atoms with van der Waals surface area (Å²) in [6.45, 7) is 4.17. The van der Waals surface area contributed by atoms with Gasteiger partial charge in [-0.25, -0.2) is 9.97 Å². The summed E-state index contributed by atoms with van der Waals surface area (Å²) in [6.07, 6.45) is 5.75. The Kier molecular flexibility index (Phi) is 4.35. The molecule has 0 aliphatic rings. The van der Waals surface area contributed by atoms with E-state index in [-0.39, 0.29) is 0 Å². The van der Waals surface area contributed by atoms with Gasteiger partial charge in [-0.1, -0.05) is 37.6 Å². The molecule has 0 unspecified atom stereocenters. The number of anilines is 2. The minimum absolute atomic E-state index is 0.711. The van der Waals surface area contributed by atoms with Crippen LogP contribution >= 0.6 is 0 Å². The van der Waals surface area contributed by atoms with Crippen molar-refractivity contribution in [3.63, 3.8) is 0 Å². The lowest BCUT2D eigenvalue weighted by atomic mass is 10.1. The number of imidazole rings is 1. The maximum absolute atomic E-state index is 4.73. The number of aryl methyl sites for hydroxylation is 2. The van der Waals surface area contributed by atoms with Crippen LogP contribution in [0.15, 0.2) is 60.9 Å². The summed E-state index contributed by atoms with van der Waals surface area (Å²) in [6, 6.07) is 16.5. The van der Waals surface area contributed by atoms with Crippen LogP contribution in [0, 0.1) is 6.92 Å². The Bertz CT molecular complexity index is 1030. The van der Waals surface area contributed by atoms with Gasteiger partial charge in [0, 0.05) is 5.69 Å². The summed E-state index contributed by atoms with van der Waals surface area (Å²) in [5.41, 5.74) is 4.33.